The fourth-order valence-electron chi connectivity index (χ4n) is 4.42. The maximum Gasteiger partial charge on any atom is 0.341 e. The Morgan fingerprint density at radius 1 is 1.20 bits per heavy atom. The van der Waals surface area contributed by atoms with Gasteiger partial charge in [0.05, 0.1) is 25.0 Å². The molecular weight excluding hydrogens is 452 g/mol. The van der Waals surface area contributed by atoms with E-state index in [1.165, 1.54) is 30.4 Å². The van der Waals surface area contributed by atoms with Crippen molar-refractivity contribution in [3.8, 4) is 28.4 Å². The zero-order valence-corrected chi connectivity index (χ0v) is 20.4. The summed E-state index contributed by atoms with van der Waals surface area (Å²) in [6.07, 6.45) is 3.51. The number of ether oxygens (including phenoxy) is 2. The number of carbonyl (C=O) groups excluding carboxylic acids is 1. The predicted molar refractivity (Wildman–Crippen MR) is 127 cm³/mol. The lowest BCUT2D eigenvalue weighted by molar-refractivity contribution is -0.144. The van der Waals surface area contributed by atoms with Crippen molar-refractivity contribution in [2.45, 2.75) is 46.7 Å². The molecule has 35 heavy (non-hydrogen) atoms. The van der Waals surface area contributed by atoms with Gasteiger partial charge in [0, 0.05) is 23.9 Å². The monoisotopic (exact) mass is 480 g/mol. The van der Waals surface area contributed by atoms with E-state index < -0.39 is 17.4 Å². The van der Waals surface area contributed by atoms with E-state index in [9.17, 15) is 19.5 Å². The zero-order valence-electron chi connectivity index (χ0n) is 20.4. The van der Waals surface area contributed by atoms with Gasteiger partial charge < -0.3 is 19.1 Å². The molecule has 0 saturated heterocycles. The molecule has 1 aromatic carbocycles. The van der Waals surface area contributed by atoms with Gasteiger partial charge in [-0.3, -0.25) is 9.59 Å². The van der Waals surface area contributed by atoms with E-state index in [2.05, 4.69) is 30.9 Å². The van der Waals surface area contributed by atoms with Crippen LogP contribution in [0, 0.1) is 5.41 Å². The summed E-state index contributed by atoms with van der Waals surface area (Å²) in [5.74, 6) is -0.767. The molecule has 10 nitrogen and oxygen atoms in total. The third-order valence-electron chi connectivity index (χ3n) is 6.13. The second-order valence-corrected chi connectivity index (χ2v) is 9.52. The van der Waals surface area contributed by atoms with Gasteiger partial charge in [-0.1, -0.05) is 20.8 Å². The molecular formula is C25H28N4O6. The topological polar surface area (TPSA) is 126 Å². The number of aromatic nitrogens is 4. The Hall–Kier alpha value is -3.95. The quantitative estimate of drug-likeness (QED) is 0.533. The van der Waals surface area contributed by atoms with Crippen molar-refractivity contribution in [1.82, 2.24) is 19.3 Å². The van der Waals surface area contributed by atoms with Crippen LogP contribution in [0.15, 0.2) is 35.5 Å². The lowest BCUT2D eigenvalue weighted by Crippen LogP contribution is -2.32. The average Bonchev–Trinajstić information content (AvgIpc) is 3.24. The van der Waals surface area contributed by atoms with Crippen LogP contribution >= 0.6 is 0 Å². The first-order valence-electron chi connectivity index (χ1n) is 11.3. The molecule has 0 aliphatic carbocycles. The van der Waals surface area contributed by atoms with Crippen molar-refractivity contribution >= 4 is 11.9 Å². The van der Waals surface area contributed by atoms with E-state index in [1.54, 1.807) is 6.92 Å². The highest BCUT2D eigenvalue weighted by Gasteiger charge is 2.34. The van der Waals surface area contributed by atoms with Crippen molar-refractivity contribution in [2.75, 3.05) is 13.7 Å². The standard InChI is InChI=1S/C25H28N4O6/c1-6-35-22(31)12-28-13-26-23(27-28)16-7-14-8-21(25(2,3)4)29-11-17(24(32)33)19(30)10-18(29)15(14)9-20(16)34-5/h7,9-11,13,21H,6,8,12H2,1-5H3,(H,32,33). The van der Waals surface area contributed by atoms with E-state index in [4.69, 9.17) is 9.47 Å². The molecule has 3 aromatic rings. The van der Waals surface area contributed by atoms with Gasteiger partial charge in [0.1, 0.15) is 24.2 Å². The Bertz CT molecular complexity index is 1370. The SMILES string of the molecule is CCOC(=O)Cn1cnc(-c2cc3c(cc2OC)-c2cc(=O)c(C(=O)O)cn2C(C(C)(C)C)C3)n1. The fraction of sp³-hybridized carbons (Fsp3) is 0.400. The summed E-state index contributed by atoms with van der Waals surface area (Å²) in [5.41, 5.74) is 2.00. The molecule has 0 amide bonds. The van der Waals surface area contributed by atoms with Gasteiger partial charge in [0.25, 0.3) is 0 Å². The van der Waals surface area contributed by atoms with Crippen LogP contribution in [0.2, 0.25) is 0 Å². The third-order valence-corrected chi connectivity index (χ3v) is 6.13. The normalized spacial score (nSPS) is 14.7. The van der Waals surface area contributed by atoms with Crippen LogP contribution < -0.4 is 10.2 Å². The molecule has 1 atom stereocenters. The van der Waals surface area contributed by atoms with Gasteiger partial charge in [0.15, 0.2) is 11.3 Å². The van der Waals surface area contributed by atoms with Crippen LogP contribution in [0.5, 0.6) is 5.75 Å². The van der Waals surface area contributed by atoms with Crippen LogP contribution in [0.1, 0.15) is 49.7 Å². The Morgan fingerprint density at radius 3 is 2.57 bits per heavy atom. The maximum absolute atomic E-state index is 12.6. The van der Waals surface area contributed by atoms with E-state index in [0.29, 0.717) is 29.3 Å². The van der Waals surface area contributed by atoms with Gasteiger partial charge >= 0.3 is 11.9 Å². The maximum atomic E-state index is 12.6. The van der Waals surface area contributed by atoms with Crippen LogP contribution in [-0.2, 0) is 22.5 Å². The van der Waals surface area contributed by atoms with Crippen molar-refractivity contribution in [3.05, 3.63) is 52.1 Å². The van der Waals surface area contributed by atoms with Crippen molar-refractivity contribution in [1.29, 1.82) is 0 Å². The third kappa shape index (κ3) is 4.55. The number of aromatic carboxylic acids is 1. The van der Waals surface area contributed by atoms with E-state index in [-0.39, 0.29) is 30.2 Å². The average molecular weight is 481 g/mol. The molecule has 0 radical (unpaired) electrons. The molecule has 184 valence electrons. The molecule has 0 saturated carbocycles. The summed E-state index contributed by atoms with van der Waals surface area (Å²) in [6.45, 7) is 8.20. The van der Waals surface area contributed by atoms with Gasteiger partial charge in [-0.2, -0.15) is 5.10 Å². The number of carboxylic acids is 1. The number of fused-ring (bicyclic) bond motifs is 3. The number of esters is 1. The summed E-state index contributed by atoms with van der Waals surface area (Å²) in [6, 6.07) is 5.04. The largest absolute Gasteiger partial charge is 0.496 e. The molecule has 3 heterocycles. The van der Waals surface area contributed by atoms with Gasteiger partial charge in [-0.15, -0.1) is 0 Å². The summed E-state index contributed by atoms with van der Waals surface area (Å²) in [5, 5.41) is 13.9. The Morgan fingerprint density at radius 2 is 1.94 bits per heavy atom. The molecule has 0 fully saturated rings. The van der Waals surface area contributed by atoms with E-state index in [0.717, 1.165) is 11.1 Å². The summed E-state index contributed by atoms with van der Waals surface area (Å²) >= 11 is 0. The Balaban J connectivity index is 1.85. The molecule has 1 unspecified atom stereocenters. The minimum Gasteiger partial charge on any atom is -0.496 e. The molecule has 1 aliphatic rings. The number of methoxy groups -OCH3 is 1. The first-order chi connectivity index (χ1) is 16.5. The smallest absolute Gasteiger partial charge is 0.341 e. The first-order valence-corrected chi connectivity index (χ1v) is 11.3. The molecule has 2 aromatic heterocycles. The molecule has 10 heteroatoms. The number of carbonyl (C=O) groups is 2. The van der Waals surface area contributed by atoms with Crippen molar-refractivity contribution in [3.63, 3.8) is 0 Å². The highest BCUT2D eigenvalue weighted by Crippen LogP contribution is 2.45. The van der Waals surface area contributed by atoms with Gasteiger partial charge in [0.2, 0.25) is 0 Å². The second kappa shape index (κ2) is 9.01. The summed E-state index contributed by atoms with van der Waals surface area (Å²) < 4.78 is 13.9. The van der Waals surface area contributed by atoms with E-state index in [1.807, 2.05) is 16.7 Å². The fourth-order valence-corrected chi connectivity index (χ4v) is 4.42. The number of hydrogen-bond acceptors (Lipinski definition) is 7. The summed E-state index contributed by atoms with van der Waals surface area (Å²) in [7, 11) is 1.53. The lowest BCUT2D eigenvalue weighted by atomic mass is 9.78. The number of benzene rings is 1. The number of rotatable bonds is 6. The van der Waals surface area contributed by atoms with Gasteiger partial charge in [-0.25, -0.2) is 14.5 Å². The van der Waals surface area contributed by atoms with Crippen LogP contribution in [0.3, 0.4) is 0 Å². The van der Waals surface area contributed by atoms with Gasteiger partial charge in [-0.05, 0) is 36.5 Å². The summed E-state index contributed by atoms with van der Waals surface area (Å²) in [4.78, 5) is 40.4. The zero-order chi connectivity index (χ0) is 25.5. The molecule has 1 aliphatic heterocycles. The van der Waals surface area contributed by atoms with Crippen molar-refractivity contribution < 1.29 is 24.2 Å². The number of nitrogens with zero attached hydrogens (tertiary/aromatic N) is 4. The van der Waals surface area contributed by atoms with Crippen LogP contribution in [-0.4, -0.2) is 50.1 Å². The van der Waals surface area contributed by atoms with Crippen LogP contribution in [0.4, 0.5) is 0 Å². The van der Waals surface area contributed by atoms with Crippen LogP contribution in [0.25, 0.3) is 22.6 Å². The second-order valence-electron chi connectivity index (χ2n) is 9.52. The Labute approximate surface area is 202 Å². The minimum atomic E-state index is -1.25. The first kappa shape index (κ1) is 24.2. The highest BCUT2D eigenvalue weighted by atomic mass is 16.5. The minimum absolute atomic E-state index is 0.0532. The van der Waals surface area contributed by atoms with Crippen molar-refractivity contribution in [2.24, 2.45) is 5.41 Å². The lowest BCUT2D eigenvalue weighted by Gasteiger charge is -2.39. The Kier molecular flexibility index (Phi) is 6.23. The molecule has 1 N–H and O–H groups in total. The molecule has 0 spiro atoms. The highest BCUT2D eigenvalue weighted by molar-refractivity contribution is 5.88. The van der Waals surface area contributed by atoms with E-state index >= 15 is 0 Å². The molecule has 0 bridgehead atoms. The molecule has 4 rings (SSSR count). The predicted octanol–water partition coefficient (Wildman–Crippen LogP) is 3.19. The number of hydrogen-bond donors (Lipinski definition) is 1. The number of carboxylic acid groups (broad SMARTS) is 1. The number of pyridine rings is 1.